The van der Waals surface area contributed by atoms with Gasteiger partial charge in [-0.1, -0.05) is 18.2 Å². The van der Waals surface area contributed by atoms with E-state index in [1.165, 1.54) is 12.1 Å². The summed E-state index contributed by atoms with van der Waals surface area (Å²) in [5.41, 5.74) is 0.256. The van der Waals surface area contributed by atoms with Crippen LogP contribution >= 0.6 is 0 Å². The van der Waals surface area contributed by atoms with Gasteiger partial charge in [-0.3, -0.25) is 0 Å². The predicted molar refractivity (Wildman–Crippen MR) is 49.4 cm³/mol. The summed E-state index contributed by atoms with van der Waals surface area (Å²) in [5, 5.41) is 8.75. The Kier molecular flexibility index (Phi) is 3.06. The van der Waals surface area contributed by atoms with E-state index in [1.807, 2.05) is 0 Å². The van der Waals surface area contributed by atoms with Crippen molar-refractivity contribution in [2.45, 2.75) is 0 Å². The Balaban J connectivity index is 3.01. The van der Waals surface area contributed by atoms with Crippen molar-refractivity contribution in [3.63, 3.8) is 0 Å². The van der Waals surface area contributed by atoms with Crippen molar-refractivity contribution >= 4 is 17.9 Å². The Labute approximate surface area is 80.5 Å². The Morgan fingerprint density at radius 2 is 1.86 bits per heavy atom. The number of methoxy groups -OCH3 is 1. The largest absolute Gasteiger partial charge is 0.464 e. The third-order valence-electron chi connectivity index (χ3n) is 1.56. The summed E-state index contributed by atoms with van der Waals surface area (Å²) in [6.07, 6.45) is -2.30. The number of benzene rings is 1. The molecular weight excluding hydrogens is 186 g/mol. The lowest BCUT2D eigenvalue weighted by molar-refractivity contribution is 0.169. The zero-order chi connectivity index (χ0) is 10.6. The minimum atomic E-state index is -1.37. The molecule has 0 spiro atoms. The van der Waals surface area contributed by atoms with E-state index in [4.69, 9.17) is 5.11 Å². The molecule has 0 atom stereocenters. The molecule has 2 amide bonds. The van der Waals surface area contributed by atoms with E-state index in [-0.39, 0.29) is 5.69 Å². The van der Waals surface area contributed by atoms with Crippen LogP contribution in [0.25, 0.3) is 0 Å². The molecule has 0 unspecified atom stereocenters. The van der Waals surface area contributed by atoms with Crippen molar-refractivity contribution < 1.29 is 19.4 Å². The van der Waals surface area contributed by atoms with Crippen LogP contribution in [0.2, 0.25) is 0 Å². The first-order valence-electron chi connectivity index (χ1n) is 3.83. The maximum Gasteiger partial charge on any atom is 0.423 e. The molecule has 5 nitrogen and oxygen atoms in total. The summed E-state index contributed by atoms with van der Waals surface area (Å²) in [6.45, 7) is 0. The molecule has 5 heteroatoms. The average Bonchev–Trinajstić information content (AvgIpc) is 2.19. The number of carboxylic acid groups (broad SMARTS) is 1. The lowest BCUT2D eigenvalue weighted by atomic mass is 10.3. The highest BCUT2D eigenvalue weighted by atomic mass is 16.5. The number of amides is 2. The van der Waals surface area contributed by atoms with Gasteiger partial charge in [0.2, 0.25) is 0 Å². The fraction of sp³-hybridized carbons (Fsp3) is 0.111. The minimum Gasteiger partial charge on any atom is -0.464 e. The molecule has 1 rings (SSSR count). The summed E-state index contributed by atoms with van der Waals surface area (Å²) in [6, 6.07) is 8.00. The number of hydrogen-bond donors (Lipinski definition) is 1. The van der Waals surface area contributed by atoms with Gasteiger partial charge in [-0.25, -0.2) is 9.59 Å². The number of carbonyl (C=O) groups is 2. The van der Waals surface area contributed by atoms with Crippen LogP contribution in [0.15, 0.2) is 30.3 Å². The van der Waals surface area contributed by atoms with Crippen LogP contribution in [0.4, 0.5) is 15.3 Å². The minimum absolute atomic E-state index is 0.256. The van der Waals surface area contributed by atoms with Gasteiger partial charge in [-0.2, -0.15) is 4.90 Å². The van der Waals surface area contributed by atoms with Crippen molar-refractivity contribution in [1.82, 2.24) is 0 Å². The van der Waals surface area contributed by atoms with Crippen LogP contribution < -0.4 is 4.90 Å². The molecule has 0 radical (unpaired) electrons. The van der Waals surface area contributed by atoms with Gasteiger partial charge in [0.1, 0.15) is 0 Å². The van der Waals surface area contributed by atoms with Crippen LogP contribution in [0, 0.1) is 0 Å². The number of imide groups is 1. The summed E-state index contributed by atoms with van der Waals surface area (Å²) in [5.74, 6) is 0. The molecule has 14 heavy (non-hydrogen) atoms. The molecule has 0 aliphatic rings. The monoisotopic (exact) mass is 195 g/mol. The van der Waals surface area contributed by atoms with E-state index in [0.29, 0.717) is 4.90 Å². The van der Waals surface area contributed by atoms with Crippen LogP contribution in [0.3, 0.4) is 0 Å². The van der Waals surface area contributed by atoms with E-state index in [0.717, 1.165) is 7.11 Å². The smallest absolute Gasteiger partial charge is 0.423 e. The van der Waals surface area contributed by atoms with Gasteiger partial charge in [-0.15, -0.1) is 0 Å². The molecule has 0 saturated heterocycles. The maximum atomic E-state index is 11.1. The van der Waals surface area contributed by atoms with E-state index >= 15 is 0 Å². The quantitative estimate of drug-likeness (QED) is 0.743. The SMILES string of the molecule is COC(=O)N(C(=O)O)c1ccccc1. The third kappa shape index (κ3) is 2.01. The average molecular weight is 195 g/mol. The first-order chi connectivity index (χ1) is 6.66. The molecule has 0 aliphatic carbocycles. The first kappa shape index (κ1) is 10.0. The van der Waals surface area contributed by atoms with Gasteiger partial charge >= 0.3 is 12.2 Å². The molecule has 0 aromatic heterocycles. The van der Waals surface area contributed by atoms with Crippen molar-refractivity contribution in [2.24, 2.45) is 0 Å². The number of anilines is 1. The van der Waals surface area contributed by atoms with Crippen LogP contribution in [-0.4, -0.2) is 24.4 Å². The number of nitrogens with zero attached hydrogens (tertiary/aromatic N) is 1. The highest BCUT2D eigenvalue weighted by Gasteiger charge is 2.22. The van der Waals surface area contributed by atoms with E-state index in [1.54, 1.807) is 18.2 Å². The van der Waals surface area contributed by atoms with Gasteiger partial charge in [-0.05, 0) is 12.1 Å². The Bertz CT molecular complexity index is 336. The maximum absolute atomic E-state index is 11.1. The highest BCUT2D eigenvalue weighted by molar-refractivity contribution is 6.08. The Hall–Kier alpha value is -2.04. The van der Waals surface area contributed by atoms with Gasteiger partial charge in [0.15, 0.2) is 0 Å². The molecule has 74 valence electrons. The lowest BCUT2D eigenvalue weighted by Crippen LogP contribution is -2.35. The molecule has 1 aromatic rings. The van der Waals surface area contributed by atoms with E-state index in [9.17, 15) is 9.59 Å². The topological polar surface area (TPSA) is 66.8 Å². The van der Waals surface area contributed by atoms with Crippen molar-refractivity contribution in [3.8, 4) is 0 Å². The van der Waals surface area contributed by atoms with Crippen molar-refractivity contribution in [3.05, 3.63) is 30.3 Å². The van der Waals surface area contributed by atoms with Gasteiger partial charge in [0.25, 0.3) is 0 Å². The second-order valence-electron chi connectivity index (χ2n) is 2.42. The van der Waals surface area contributed by atoms with Crippen LogP contribution in [-0.2, 0) is 4.74 Å². The zero-order valence-electron chi connectivity index (χ0n) is 7.51. The number of rotatable bonds is 1. The Morgan fingerprint density at radius 3 is 2.29 bits per heavy atom. The molecule has 0 fully saturated rings. The second kappa shape index (κ2) is 4.27. The van der Waals surface area contributed by atoms with Crippen LogP contribution in [0.1, 0.15) is 0 Å². The molecular formula is C9H9NO4. The molecule has 0 aliphatic heterocycles. The molecule has 1 aromatic carbocycles. The van der Waals surface area contributed by atoms with Crippen molar-refractivity contribution in [2.75, 3.05) is 12.0 Å². The predicted octanol–water partition coefficient (Wildman–Crippen LogP) is 1.94. The second-order valence-corrected chi connectivity index (χ2v) is 2.42. The first-order valence-corrected chi connectivity index (χ1v) is 3.83. The van der Waals surface area contributed by atoms with E-state index in [2.05, 4.69) is 4.74 Å². The number of ether oxygens (including phenoxy) is 1. The van der Waals surface area contributed by atoms with Crippen LogP contribution in [0.5, 0.6) is 0 Å². The third-order valence-corrected chi connectivity index (χ3v) is 1.56. The van der Waals surface area contributed by atoms with Gasteiger partial charge < -0.3 is 9.84 Å². The zero-order valence-corrected chi connectivity index (χ0v) is 7.51. The summed E-state index contributed by atoms with van der Waals surface area (Å²) < 4.78 is 4.33. The number of carbonyl (C=O) groups excluding carboxylic acids is 1. The van der Waals surface area contributed by atoms with Gasteiger partial charge in [0.05, 0.1) is 12.8 Å². The summed E-state index contributed by atoms with van der Waals surface area (Å²) in [7, 11) is 1.13. The van der Waals surface area contributed by atoms with Crippen molar-refractivity contribution in [1.29, 1.82) is 0 Å². The molecule has 0 heterocycles. The normalized spacial score (nSPS) is 9.21. The molecule has 0 saturated carbocycles. The lowest BCUT2D eigenvalue weighted by Gasteiger charge is -2.14. The standard InChI is InChI=1S/C9H9NO4/c1-14-9(13)10(8(11)12)7-5-3-2-4-6-7/h2-6H,1H3,(H,11,12). The van der Waals surface area contributed by atoms with Gasteiger partial charge in [0, 0.05) is 0 Å². The fourth-order valence-corrected chi connectivity index (χ4v) is 0.962. The fourth-order valence-electron chi connectivity index (χ4n) is 0.962. The summed E-state index contributed by atoms with van der Waals surface area (Å²) >= 11 is 0. The highest BCUT2D eigenvalue weighted by Crippen LogP contribution is 2.14. The number of hydrogen-bond acceptors (Lipinski definition) is 3. The Morgan fingerprint density at radius 1 is 1.29 bits per heavy atom. The molecule has 1 N–H and O–H groups in total. The number of para-hydroxylation sites is 1. The molecule has 0 bridgehead atoms. The summed E-state index contributed by atoms with van der Waals surface area (Å²) in [4.78, 5) is 22.3. The van der Waals surface area contributed by atoms with E-state index < -0.39 is 12.2 Å².